The van der Waals surface area contributed by atoms with Gasteiger partial charge >= 0.3 is 5.97 Å². The molecular weight excluding hydrogens is 399 g/mol. The zero-order valence-electron chi connectivity index (χ0n) is 16.0. The van der Waals surface area contributed by atoms with Crippen LogP contribution in [-0.4, -0.2) is 30.9 Å². The fraction of sp³-hybridized carbons (Fsp3) is 0.286. The van der Waals surface area contributed by atoms with E-state index in [1.54, 1.807) is 4.90 Å². The molecule has 2 amide bonds. The summed E-state index contributed by atoms with van der Waals surface area (Å²) in [5, 5.41) is 2.34. The first-order valence-corrected chi connectivity index (χ1v) is 9.42. The summed E-state index contributed by atoms with van der Waals surface area (Å²) in [5.74, 6) is -2.60. The van der Waals surface area contributed by atoms with Crippen molar-refractivity contribution in [3.63, 3.8) is 0 Å². The largest absolute Gasteiger partial charge is 0.455 e. The molecule has 152 valence electrons. The number of rotatable bonds is 5. The Morgan fingerprint density at radius 1 is 1.28 bits per heavy atom. The van der Waals surface area contributed by atoms with Crippen LogP contribution in [-0.2, 0) is 19.1 Å². The highest BCUT2D eigenvalue weighted by Gasteiger charge is 2.37. The second-order valence-electron chi connectivity index (χ2n) is 6.91. The van der Waals surface area contributed by atoms with Gasteiger partial charge in [-0.15, -0.1) is 0 Å². The minimum absolute atomic E-state index is 0.0292. The lowest BCUT2D eigenvalue weighted by molar-refractivity contribution is -0.151. The number of nitrogens with one attached hydrogen (secondary N) is 1. The van der Waals surface area contributed by atoms with Crippen molar-refractivity contribution in [1.82, 2.24) is 0 Å². The molecule has 1 atom stereocenters. The summed E-state index contributed by atoms with van der Waals surface area (Å²) in [6, 6.07) is 9.39. The number of nitrogens with zero attached hydrogens (tertiary/aromatic N) is 1. The minimum atomic E-state index is -0.643. The quantitative estimate of drug-likeness (QED) is 0.752. The van der Waals surface area contributed by atoms with Gasteiger partial charge in [0.15, 0.2) is 6.61 Å². The third kappa shape index (κ3) is 4.74. The average Bonchev–Trinajstić information content (AvgIpc) is 3.06. The number of amides is 2. The third-order valence-electron chi connectivity index (χ3n) is 4.87. The van der Waals surface area contributed by atoms with Crippen LogP contribution >= 0.6 is 11.6 Å². The number of hydrogen-bond acceptors (Lipinski definition) is 4. The van der Waals surface area contributed by atoms with Crippen molar-refractivity contribution in [2.75, 3.05) is 23.4 Å². The van der Waals surface area contributed by atoms with Gasteiger partial charge in [-0.2, -0.15) is 0 Å². The van der Waals surface area contributed by atoms with Crippen molar-refractivity contribution in [2.24, 2.45) is 5.92 Å². The minimum Gasteiger partial charge on any atom is -0.455 e. The summed E-state index contributed by atoms with van der Waals surface area (Å²) in [7, 11) is 0. The SMILES string of the molecule is Cc1cccc(N2C[C@H](C(=O)OCC(=O)Nc3ccc(F)c(Cl)c3)CC2=O)c1C. The highest BCUT2D eigenvalue weighted by Crippen LogP contribution is 2.29. The van der Waals surface area contributed by atoms with Crippen LogP contribution in [0.5, 0.6) is 0 Å². The third-order valence-corrected chi connectivity index (χ3v) is 5.16. The molecule has 29 heavy (non-hydrogen) atoms. The van der Waals surface area contributed by atoms with Crippen LogP contribution < -0.4 is 10.2 Å². The maximum absolute atomic E-state index is 13.2. The highest BCUT2D eigenvalue weighted by atomic mass is 35.5. The molecule has 1 aliphatic rings. The Balaban J connectivity index is 1.56. The number of ether oxygens (including phenoxy) is 1. The molecule has 1 aliphatic heterocycles. The summed E-state index contributed by atoms with van der Waals surface area (Å²) < 4.78 is 18.2. The van der Waals surface area contributed by atoms with Crippen molar-refractivity contribution in [3.8, 4) is 0 Å². The topological polar surface area (TPSA) is 75.7 Å². The zero-order chi connectivity index (χ0) is 21.1. The van der Waals surface area contributed by atoms with Crippen LogP contribution in [0, 0.1) is 25.6 Å². The Hall–Kier alpha value is -2.93. The molecule has 0 aliphatic carbocycles. The molecule has 2 aromatic carbocycles. The number of carbonyl (C=O) groups is 3. The second-order valence-corrected chi connectivity index (χ2v) is 7.32. The summed E-state index contributed by atoms with van der Waals surface area (Å²) in [6.45, 7) is 3.58. The van der Waals surface area contributed by atoms with Crippen molar-refractivity contribution in [1.29, 1.82) is 0 Å². The Kier molecular flexibility index (Phi) is 6.17. The number of carbonyl (C=O) groups excluding carboxylic acids is 3. The molecule has 0 unspecified atom stereocenters. The van der Waals surface area contributed by atoms with E-state index in [9.17, 15) is 18.8 Å². The maximum Gasteiger partial charge on any atom is 0.311 e. The van der Waals surface area contributed by atoms with Gasteiger partial charge in [-0.3, -0.25) is 14.4 Å². The van der Waals surface area contributed by atoms with E-state index in [-0.39, 0.29) is 29.6 Å². The van der Waals surface area contributed by atoms with E-state index in [2.05, 4.69) is 5.32 Å². The van der Waals surface area contributed by atoms with Crippen LogP contribution in [0.3, 0.4) is 0 Å². The van der Waals surface area contributed by atoms with Crippen molar-refractivity contribution < 1.29 is 23.5 Å². The number of benzene rings is 2. The van der Waals surface area contributed by atoms with Gasteiger partial charge in [0.25, 0.3) is 5.91 Å². The van der Waals surface area contributed by atoms with Crippen LogP contribution in [0.4, 0.5) is 15.8 Å². The molecule has 8 heteroatoms. The lowest BCUT2D eigenvalue weighted by atomic mass is 10.1. The Bertz CT molecular complexity index is 979. The van der Waals surface area contributed by atoms with Crippen molar-refractivity contribution in [2.45, 2.75) is 20.3 Å². The predicted octanol–water partition coefficient (Wildman–Crippen LogP) is 3.63. The number of aryl methyl sites for hydroxylation is 1. The van der Waals surface area contributed by atoms with E-state index in [0.29, 0.717) is 0 Å². The Labute approximate surface area is 172 Å². The normalized spacial score (nSPS) is 16.1. The van der Waals surface area contributed by atoms with E-state index in [0.717, 1.165) is 22.9 Å². The summed E-state index contributed by atoms with van der Waals surface area (Å²) in [5.41, 5.74) is 3.09. The Morgan fingerprint density at radius 2 is 2.03 bits per heavy atom. The van der Waals surface area contributed by atoms with Crippen LogP contribution in [0.25, 0.3) is 0 Å². The van der Waals surface area contributed by atoms with Gasteiger partial charge in [0.05, 0.1) is 10.9 Å². The molecular formula is C21H20ClFN2O4. The number of esters is 1. The Morgan fingerprint density at radius 3 is 2.76 bits per heavy atom. The van der Waals surface area contributed by atoms with Gasteiger partial charge in [-0.05, 0) is 49.2 Å². The molecule has 1 saturated heterocycles. The molecule has 1 fully saturated rings. The van der Waals surface area contributed by atoms with Crippen molar-refractivity contribution >= 4 is 40.8 Å². The monoisotopic (exact) mass is 418 g/mol. The average molecular weight is 419 g/mol. The van der Waals surface area contributed by atoms with Gasteiger partial charge in [-0.25, -0.2) is 4.39 Å². The molecule has 0 aromatic heterocycles. The first-order chi connectivity index (χ1) is 13.8. The van der Waals surface area contributed by atoms with Gasteiger partial charge < -0.3 is 15.0 Å². The number of hydrogen-bond donors (Lipinski definition) is 1. The van der Waals surface area contributed by atoms with E-state index in [1.807, 2.05) is 32.0 Å². The number of halogens is 2. The lowest BCUT2D eigenvalue weighted by Gasteiger charge is -2.20. The zero-order valence-corrected chi connectivity index (χ0v) is 16.8. The van der Waals surface area contributed by atoms with Crippen LogP contribution in [0.2, 0.25) is 5.02 Å². The fourth-order valence-electron chi connectivity index (χ4n) is 3.15. The van der Waals surface area contributed by atoms with Gasteiger partial charge in [-0.1, -0.05) is 23.7 Å². The van der Waals surface area contributed by atoms with Gasteiger partial charge in [0.2, 0.25) is 5.91 Å². The maximum atomic E-state index is 13.2. The number of anilines is 2. The standard InChI is InChI=1S/C21H20ClFN2O4/c1-12-4-3-5-18(13(12)2)25-10-14(8-20(25)27)21(28)29-11-19(26)24-15-6-7-17(23)16(22)9-15/h3-7,9,14H,8,10-11H2,1-2H3,(H,24,26)/t14-/m1/s1. The molecule has 6 nitrogen and oxygen atoms in total. The first-order valence-electron chi connectivity index (χ1n) is 9.04. The van der Waals surface area contributed by atoms with Crippen LogP contribution in [0.15, 0.2) is 36.4 Å². The molecule has 0 saturated carbocycles. The molecule has 0 bridgehead atoms. The fourth-order valence-corrected chi connectivity index (χ4v) is 3.33. The van der Waals surface area contributed by atoms with Crippen molar-refractivity contribution in [3.05, 3.63) is 58.4 Å². The molecule has 0 spiro atoms. The second kappa shape index (κ2) is 8.61. The van der Waals surface area contributed by atoms with E-state index < -0.39 is 30.2 Å². The molecule has 1 N–H and O–H groups in total. The van der Waals surface area contributed by atoms with E-state index in [1.165, 1.54) is 12.1 Å². The summed E-state index contributed by atoms with van der Waals surface area (Å²) >= 11 is 5.66. The van der Waals surface area contributed by atoms with Gasteiger partial charge in [0.1, 0.15) is 5.82 Å². The van der Waals surface area contributed by atoms with Crippen LogP contribution in [0.1, 0.15) is 17.5 Å². The lowest BCUT2D eigenvalue weighted by Crippen LogP contribution is -2.28. The predicted molar refractivity (Wildman–Crippen MR) is 107 cm³/mol. The molecule has 3 rings (SSSR count). The summed E-state index contributed by atoms with van der Waals surface area (Å²) in [6.07, 6.45) is 0.0292. The smallest absolute Gasteiger partial charge is 0.311 e. The van der Waals surface area contributed by atoms with Gasteiger partial charge in [0, 0.05) is 24.3 Å². The van der Waals surface area contributed by atoms with E-state index in [4.69, 9.17) is 16.3 Å². The molecule has 0 radical (unpaired) electrons. The molecule has 2 aromatic rings. The molecule has 1 heterocycles. The van der Waals surface area contributed by atoms with E-state index >= 15 is 0 Å². The summed E-state index contributed by atoms with van der Waals surface area (Å²) in [4.78, 5) is 38.2. The first kappa shape index (κ1) is 20.8. The highest BCUT2D eigenvalue weighted by molar-refractivity contribution is 6.31.